The fraction of sp³-hybridized carbons (Fsp3) is 0.714. The lowest BCUT2D eigenvalue weighted by molar-refractivity contribution is 0.0551. The second-order valence-corrected chi connectivity index (χ2v) is 6.51. The van der Waals surface area contributed by atoms with Crippen LogP contribution in [0.2, 0.25) is 0 Å². The molecule has 0 radical (unpaired) electrons. The van der Waals surface area contributed by atoms with Crippen LogP contribution in [0.3, 0.4) is 0 Å². The molecular weight excluding hydrogens is 242 g/mol. The van der Waals surface area contributed by atoms with Gasteiger partial charge in [0, 0.05) is 23.5 Å². The van der Waals surface area contributed by atoms with E-state index in [1.807, 2.05) is 11.3 Å². The predicted octanol–water partition coefficient (Wildman–Crippen LogP) is 1.65. The smallest absolute Gasteiger partial charge is 0.0353 e. The number of likely N-dealkylation sites (tertiary alicyclic amines) is 1. The van der Waals surface area contributed by atoms with Crippen LogP contribution < -0.4 is 5.73 Å². The Morgan fingerprint density at radius 2 is 2.17 bits per heavy atom. The molecule has 0 unspecified atom stereocenters. The minimum absolute atomic E-state index is 0.226. The first-order chi connectivity index (χ1) is 8.66. The Morgan fingerprint density at radius 1 is 1.44 bits per heavy atom. The van der Waals surface area contributed by atoms with E-state index in [9.17, 15) is 0 Å². The molecule has 1 saturated heterocycles. The summed E-state index contributed by atoms with van der Waals surface area (Å²) in [6, 6.07) is 4.36. The molecule has 2 heterocycles. The number of hydrogen-bond acceptors (Lipinski definition) is 4. The van der Waals surface area contributed by atoms with Crippen molar-refractivity contribution < 1.29 is 0 Å². The first-order valence-corrected chi connectivity index (χ1v) is 7.66. The van der Waals surface area contributed by atoms with Gasteiger partial charge in [0.2, 0.25) is 0 Å². The van der Waals surface area contributed by atoms with Gasteiger partial charge in [0.05, 0.1) is 0 Å². The molecule has 1 aliphatic rings. The monoisotopic (exact) mass is 267 g/mol. The number of nitrogens with zero attached hydrogens (tertiary/aromatic N) is 2. The number of likely N-dealkylation sites (N-methyl/N-ethyl adjacent to an activating group) is 1. The third-order valence-corrected chi connectivity index (χ3v) is 5.32. The predicted molar refractivity (Wildman–Crippen MR) is 79.2 cm³/mol. The normalized spacial score (nSPS) is 20.4. The molecule has 0 aromatic carbocycles. The zero-order chi connectivity index (χ0) is 13.0. The van der Waals surface area contributed by atoms with E-state index in [2.05, 4.69) is 41.4 Å². The van der Waals surface area contributed by atoms with Crippen molar-refractivity contribution in [3.8, 4) is 0 Å². The SMILES string of the molecule is CN1CCC(CN)(N(C)CCc2cccs2)CC1. The van der Waals surface area contributed by atoms with E-state index < -0.39 is 0 Å². The lowest BCUT2D eigenvalue weighted by Crippen LogP contribution is -2.58. The Bertz CT molecular complexity index is 342. The summed E-state index contributed by atoms with van der Waals surface area (Å²) in [5.74, 6) is 0. The Morgan fingerprint density at radius 3 is 2.72 bits per heavy atom. The van der Waals surface area contributed by atoms with Crippen molar-refractivity contribution >= 4 is 11.3 Å². The van der Waals surface area contributed by atoms with Gasteiger partial charge < -0.3 is 10.6 Å². The Labute approximate surface area is 115 Å². The Balaban J connectivity index is 1.90. The zero-order valence-electron chi connectivity index (χ0n) is 11.6. The van der Waals surface area contributed by atoms with Crippen molar-refractivity contribution in [3.63, 3.8) is 0 Å². The van der Waals surface area contributed by atoms with Gasteiger partial charge in [-0.25, -0.2) is 0 Å². The van der Waals surface area contributed by atoms with Crippen LogP contribution >= 0.6 is 11.3 Å². The standard InChI is InChI=1S/C14H25N3S/c1-16-9-6-14(12-15,7-10-16)17(2)8-5-13-4-3-11-18-13/h3-4,11H,5-10,12,15H2,1-2H3. The fourth-order valence-electron chi connectivity index (χ4n) is 2.75. The molecule has 0 atom stereocenters. The molecule has 2 rings (SSSR count). The highest BCUT2D eigenvalue weighted by Crippen LogP contribution is 2.26. The maximum Gasteiger partial charge on any atom is 0.0353 e. The molecule has 0 saturated carbocycles. The third kappa shape index (κ3) is 3.12. The van der Waals surface area contributed by atoms with E-state index in [1.54, 1.807) is 0 Å². The molecule has 0 amide bonds. The molecular formula is C14H25N3S. The molecule has 0 spiro atoms. The molecule has 1 aromatic heterocycles. The number of rotatable bonds is 5. The lowest BCUT2D eigenvalue weighted by atomic mass is 9.86. The van der Waals surface area contributed by atoms with Gasteiger partial charge in [0.25, 0.3) is 0 Å². The summed E-state index contributed by atoms with van der Waals surface area (Å²) in [5, 5.41) is 2.16. The van der Waals surface area contributed by atoms with Gasteiger partial charge in [-0.05, 0) is 57.9 Å². The molecule has 18 heavy (non-hydrogen) atoms. The molecule has 1 aromatic rings. The second kappa shape index (κ2) is 6.15. The van der Waals surface area contributed by atoms with E-state index in [1.165, 1.54) is 30.8 Å². The molecule has 0 bridgehead atoms. The molecule has 4 heteroatoms. The van der Waals surface area contributed by atoms with Gasteiger partial charge in [-0.15, -0.1) is 11.3 Å². The molecule has 2 N–H and O–H groups in total. The number of piperidine rings is 1. The number of thiophene rings is 1. The summed E-state index contributed by atoms with van der Waals surface area (Å²) in [7, 11) is 4.44. The van der Waals surface area contributed by atoms with Crippen LogP contribution in [-0.2, 0) is 6.42 Å². The zero-order valence-corrected chi connectivity index (χ0v) is 12.4. The first-order valence-electron chi connectivity index (χ1n) is 6.78. The van der Waals surface area contributed by atoms with Gasteiger partial charge in [0.1, 0.15) is 0 Å². The molecule has 102 valence electrons. The number of hydrogen-bond donors (Lipinski definition) is 1. The van der Waals surface area contributed by atoms with Crippen LogP contribution in [0.25, 0.3) is 0 Å². The molecule has 1 fully saturated rings. The topological polar surface area (TPSA) is 32.5 Å². The van der Waals surface area contributed by atoms with Gasteiger partial charge in [0.15, 0.2) is 0 Å². The molecule has 3 nitrogen and oxygen atoms in total. The van der Waals surface area contributed by atoms with Crippen LogP contribution in [0, 0.1) is 0 Å². The van der Waals surface area contributed by atoms with Crippen molar-refractivity contribution in [2.75, 3.05) is 40.3 Å². The highest BCUT2D eigenvalue weighted by molar-refractivity contribution is 7.09. The summed E-state index contributed by atoms with van der Waals surface area (Å²) in [6.07, 6.45) is 3.54. The highest BCUT2D eigenvalue weighted by atomic mass is 32.1. The first kappa shape index (κ1) is 14.0. The van der Waals surface area contributed by atoms with Crippen LogP contribution in [0.1, 0.15) is 17.7 Å². The van der Waals surface area contributed by atoms with Gasteiger partial charge >= 0.3 is 0 Å². The summed E-state index contributed by atoms with van der Waals surface area (Å²) in [4.78, 5) is 6.38. The van der Waals surface area contributed by atoms with Crippen molar-refractivity contribution in [1.82, 2.24) is 9.80 Å². The maximum absolute atomic E-state index is 6.08. The second-order valence-electron chi connectivity index (χ2n) is 5.48. The average Bonchev–Trinajstić information content (AvgIpc) is 2.90. The van der Waals surface area contributed by atoms with Gasteiger partial charge in [-0.3, -0.25) is 4.90 Å². The van der Waals surface area contributed by atoms with E-state index >= 15 is 0 Å². The average molecular weight is 267 g/mol. The summed E-state index contributed by atoms with van der Waals surface area (Å²) in [6.45, 7) is 4.23. The third-order valence-electron chi connectivity index (χ3n) is 4.38. The van der Waals surface area contributed by atoms with Crippen molar-refractivity contribution in [2.24, 2.45) is 5.73 Å². The molecule has 0 aliphatic carbocycles. The summed E-state index contributed by atoms with van der Waals surface area (Å²) >= 11 is 1.85. The summed E-state index contributed by atoms with van der Waals surface area (Å²) in [5.41, 5.74) is 6.30. The lowest BCUT2D eigenvalue weighted by Gasteiger charge is -2.46. The Kier molecular flexibility index (Phi) is 4.78. The van der Waals surface area contributed by atoms with Crippen molar-refractivity contribution in [3.05, 3.63) is 22.4 Å². The van der Waals surface area contributed by atoms with Crippen LogP contribution in [-0.4, -0.2) is 55.6 Å². The number of nitrogens with two attached hydrogens (primary N) is 1. The minimum atomic E-state index is 0.226. The quantitative estimate of drug-likeness (QED) is 0.880. The van der Waals surface area contributed by atoms with Gasteiger partial charge in [-0.1, -0.05) is 6.07 Å². The fourth-order valence-corrected chi connectivity index (χ4v) is 3.44. The van der Waals surface area contributed by atoms with Crippen LogP contribution in [0.15, 0.2) is 17.5 Å². The van der Waals surface area contributed by atoms with E-state index in [0.717, 1.165) is 19.5 Å². The highest BCUT2D eigenvalue weighted by Gasteiger charge is 2.35. The Hall–Kier alpha value is -0.420. The van der Waals surface area contributed by atoms with Crippen LogP contribution in [0.5, 0.6) is 0 Å². The van der Waals surface area contributed by atoms with Crippen LogP contribution in [0.4, 0.5) is 0 Å². The minimum Gasteiger partial charge on any atom is -0.329 e. The van der Waals surface area contributed by atoms with E-state index in [0.29, 0.717) is 0 Å². The van der Waals surface area contributed by atoms with Gasteiger partial charge in [-0.2, -0.15) is 0 Å². The summed E-state index contributed by atoms with van der Waals surface area (Å²) < 4.78 is 0. The van der Waals surface area contributed by atoms with Crippen molar-refractivity contribution in [2.45, 2.75) is 24.8 Å². The maximum atomic E-state index is 6.08. The van der Waals surface area contributed by atoms with Crippen molar-refractivity contribution in [1.29, 1.82) is 0 Å². The largest absolute Gasteiger partial charge is 0.329 e. The molecule has 1 aliphatic heterocycles. The van der Waals surface area contributed by atoms with E-state index in [4.69, 9.17) is 5.73 Å². The van der Waals surface area contributed by atoms with E-state index in [-0.39, 0.29) is 5.54 Å².